The number of rotatable bonds is 9. The molecule has 0 aromatic heterocycles. The highest BCUT2D eigenvalue weighted by molar-refractivity contribution is 5.34. The monoisotopic (exact) mass is 313 g/mol. The fraction of sp³-hybridized carbons (Fsp3) is 0.400. The van der Waals surface area contributed by atoms with E-state index in [1.807, 2.05) is 31.2 Å². The van der Waals surface area contributed by atoms with Crippen molar-refractivity contribution in [1.29, 1.82) is 0 Å². The molecule has 2 aromatic rings. The number of benzene rings is 2. The van der Waals surface area contributed by atoms with Crippen molar-refractivity contribution in [3.05, 3.63) is 59.7 Å². The van der Waals surface area contributed by atoms with Gasteiger partial charge in [-0.15, -0.1) is 0 Å². The first-order chi connectivity index (χ1) is 11.3. The second kappa shape index (κ2) is 9.21. The standard InChI is InChI=1S/C20H27NO2/c1-3-12-23-19-10-8-16(9-11-19)13-18(15-21)17-6-5-7-20(14-17)22-4-2/h5-11,14,18H,3-4,12-13,15,21H2,1-2H3. The predicted octanol–water partition coefficient (Wildman–Crippen LogP) is 4.16. The van der Waals surface area contributed by atoms with Crippen LogP contribution in [0.4, 0.5) is 0 Å². The molecule has 0 fully saturated rings. The summed E-state index contributed by atoms with van der Waals surface area (Å²) in [6.07, 6.45) is 1.94. The van der Waals surface area contributed by atoms with Crippen molar-refractivity contribution in [2.45, 2.75) is 32.6 Å². The first-order valence-electron chi connectivity index (χ1n) is 8.41. The highest BCUT2D eigenvalue weighted by atomic mass is 16.5. The van der Waals surface area contributed by atoms with Gasteiger partial charge in [0.25, 0.3) is 0 Å². The summed E-state index contributed by atoms with van der Waals surface area (Å²) in [5.41, 5.74) is 8.50. The van der Waals surface area contributed by atoms with E-state index in [0.717, 1.165) is 30.9 Å². The Morgan fingerprint density at radius 3 is 2.39 bits per heavy atom. The molecule has 2 N–H and O–H groups in total. The van der Waals surface area contributed by atoms with Gasteiger partial charge in [-0.25, -0.2) is 0 Å². The van der Waals surface area contributed by atoms with Crippen LogP contribution in [0.2, 0.25) is 0 Å². The smallest absolute Gasteiger partial charge is 0.119 e. The van der Waals surface area contributed by atoms with Gasteiger partial charge in [0.1, 0.15) is 11.5 Å². The Morgan fingerprint density at radius 1 is 0.957 bits per heavy atom. The topological polar surface area (TPSA) is 44.5 Å². The first kappa shape index (κ1) is 17.4. The minimum atomic E-state index is 0.290. The molecule has 3 nitrogen and oxygen atoms in total. The van der Waals surface area contributed by atoms with Crippen LogP contribution in [0, 0.1) is 0 Å². The van der Waals surface area contributed by atoms with E-state index in [4.69, 9.17) is 15.2 Å². The molecule has 124 valence electrons. The molecule has 1 atom stereocenters. The van der Waals surface area contributed by atoms with Crippen molar-refractivity contribution in [1.82, 2.24) is 0 Å². The summed E-state index contributed by atoms with van der Waals surface area (Å²) in [4.78, 5) is 0. The molecular formula is C20H27NO2. The summed E-state index contributed by atoms with van der Waals surface area (Å²) in [6.45, 7) is 6.15. The van der Waals surface area contributed by atoms with E-state index in [1.165, 1.54) is 11.1 Å². The normalized spacial score (nSPS) is 12.0. The van der Waals surface area contributed by atoms with E-state index in [0.29, 0.717) is 13.2 Å². The van der Waals surface area contributed by atoms with Gasteiger partial charge in [-0.3, -0.25) is 0 Å². The summed E-state index contributed by atoms with van der Waals surface area (Å²) in [5, 5.41) is 0. The van der Waals surface area contributed by atoms with Crippen LogP contribution in [0.15, 0.2) is 48.5 Å². The Balaban J connectivity index is 2.05. The third kappa shape index (κ3) is 5.29. The molecule has 2 aromatic carbocycles. The molecular weight excluding hydrogens is 286 g/mol. The van der Waals surface area contributed by atoms with Gasteiger partial charge in [-0.05, 0) is 61.7 Å². The van der Waals surface area contributed by atoms with Crippen LogP contribution in [0.1, 0.15) is 37.3 Å². The summed E-state index contributed by atoms with van der Waals surface area (Å²) >= 11 is 0. The molecule has 0 saturated carbocycles. The molecule has 23 heavy (non-hydrogen) atoms. The second-order valence-electron chi connectivity index (χ2n) is 5.63. The molecule has 0 aliphatic carbocycles. The van der Waals surface area contributed by atoms with Crippen LogP contribution in [-0.2, 0) is 6.42 Å². The van der Waals surface area contributed by atoms with Gasteiger partial charge >= 0.3 is 0 Å². The summed E-state index contributed by atoms with van der Waals surface area (Å²) in [6, 6.07) is 16.6. The highest BCUT2D eigenvalue weighted by Gasteiger charge is 2.12. The zero-order valence-electron chi connectivity index (χ0n) is 14.1. The van der Waals surface area contributed by atoms with Crippen LogP contribution in [0.3, 0.4) is 0 Å². The molecule has 3 heteroatoms. The van der Waals surface area contributed by atoms with Crippen molar-refractivity contribution >= 4 is 0 Å². The summed E-state index contributed by atoms with van der Waals surface area (Å²) < 4.78 is 11.2. The fourth-order valence-electron chi connectivity index (χ4n) is 2.59. The van der Waals surface area contributed by atoms with Crippen LogP contribution < -0.4 is 15.2 Å². The molecule has 0 spiro atoms. The van der Waals surface area contributed by atoms with Gasteiger partial charge in [0.2, 0.25) is 0 Å². The average molecular weight is 313 g/mol. The van der Waals surface area contributed by atoms with Gasteiger partial charge in [0.15, 0.2) is 0 Å². The maximum atomic E-state index is 6.01. The lowest BCUT2D eigenvalue weighted by Gasteiger charge is -2.17. The molecule has 0 bridgehead atoms. The molecule has 2 rings (SSSR count). The average Bonchev–Trinajstić information content (AvgIpc) is 2.59. The molecule has 0 amide bonds. The van der Waals surface area contributed by atoms with Crippen molar-refractivity contribution in [2.75, 3.05) is 19.8 Å². The Kier molecular flexibility index (Phi) is 6.95. The number of nitrogens with two attached hydrogens (primary N) is 1. The van der Waals surface area contributed by atoms with E-state index in [-0.39, 0.29) is 5.92 Å². The Bertz CT molecular complexity index is 580. The predicted molar refractivity (Wildman–Crippen MR) is 95.3 cm³/mol. The highest BCUT2D eigenvalue weighted by Crippen LogP contribution is 2.25. The van der Waals surface area contributed by atoms with Crippen LogP contribution in [0.5, 0.6) is 11.5 Å². The zero-order chi connectivity index (χ0) is 16.5. The quantitative estimate of drug-likeness (QED) is 0.756. The Hall–Kier alpha value is -2.00. The van der Waals surface area contributed by atoms with Crippen molar-refractivity contribution in [2.24, 2.45) is 5.73 Å². The third-order valence-electron chi connectivity index (χ3n) is 3.80. The lowest BCUT2D eigenvalue weighted by Crippen LogP contribution is -2.15. The first-order valence-corrected chi connectivity index (χ1v) is 8.41. The van der Waals surface area contributed by atoms with Crippen LogP contribution >= 0.6 is 0 Å². The molecule has 0 aliphatic heterocycles. The van der Waals surface area contributed by atoms with Crippen LogP contribution in [-0.4, -0.2) is 19.8 Å². The zero-order valence-corrected chi connectivity index (χ0v) is 14.1. The lowest BCUT2D eigenvalue weighted by molar-refractivity contribution is 0.317. The van der Waals surface area contributed by atoms with E-state index < -0.39 is 0 Å². The minimum Gasteiger partial charge on any atom is -0.494 e. The largest absolute Gasteiger partial charge is 0.494 e. The SMILES string of the molecule is CCCOc1ccc(CC(CN)c2cccc(OCC)c2)cc1. The summed E-state index contributed by atoms with van der Waals surface area (Å²) in [7, 11) is 0. The third-order valence-corrected chi connectivity index (χ3v) is 3.80. The maximum absolute atomic E-state index is 6.01. The van der Waals surface area contributed by atoms with Gasteiger partial charge in [0, 0.05) is 5.92 Å². The second-order valence-corrected chi connectivity index (χ2v) is 5.63. The van der Waals surface area contributed by atoms with Crippen molar-refractivity contribution in [3.63, 3.8) is 0 Å². The van der Waals surface area contributed by atoms with Crippen molar-refractivity contribution in [3.8, 4) is 11.5 Å². The Morgan fingerprint density at radius 2 is 1.74 bits per heavy atom. The van der Waals surface area contributed by atoms with E-state index >= 15 is 0 Å². The van der Waals surface area contributed by atoms with Gasteiger partial charge in [-0.2, -0.15) is 0 Å². The molecule has 0 aliphatic rings. The number of hydrogen-bond donors (Lipinski definition) is 1. The molecule has 0 radical (unpaired) electrons. The van der Waals surface area contributed by atoms with Crippen LogP contribution in [0.25, 0.3) is 0 Å². The van der Waals surface area contributed by atoms with Gasteiger partial charge in [0.05, 0.1) is 13.2 Å². The number of ether oxygens (including phenoxy) is 2. The van der Waals surface area contributed by atoms with E-state index in [2.05, 4.69) is 31.2 Å². The van der Waals surface area contributed by atoms with Gasteiger partial charge in [-0.1, -0.05) is 31.2 Å². The lowest BCUT2D eigenvalue weighted by atomic mass is 9.92. The van der Waals surface area contributed by atoms with E-state index in [1.54, 1.807) is 0 Å². The Labute approximate surface area is 139 Å². The fourth-order valence-corrected chi connectivity index (χ4v) is 2.59. The summed E-state index contributed by atoms with van der Waals surface area (Å²) in [5.74, 6) is 2.13. The maximum Gasteiger partial charge on any atom is 0.119 e. The van der Waals surface area contributed by atoms with Crippen molar-refractivity contribution < 1.29 is 9.47 Å². The number of hydrogen-bond acceptors (Lipinski definition) is 3. The molecule has 1 unspecified atom stereocenters. The molecule has 0 saturated heterocycles. The van der Waals surface area contributed by atoms with E-state index in [9.17, 15) is 0 Å². The van der Waals surface area contributed by atoms with Gasteiger partial charge < -0.3 is 15.2 Å². The minimum absolute atomic E-state index is 0.290. The molecule has 0 heterocycles.